The molecule has 0 amide bonds. The Hall–Kier alpha value is -1.77. The van der Waals surface area contributed by atoms with E-state index in [-0.39, 0.29) is 6.61 Å². The van der Waals surface area contributed by atoms with E-state index in [9.17, 15) is 4.79 Å². The second-order valence-corrected chi connectivity index (χ2v) is 3.25. The molecule has 0 atom stereocenters. The lowest BCUT2D eigenvalue weighted by molar-refractivity contribution is -0.131. The van der Waals surface area contributed by atoms with Crippen molar-refractivity contribution in [1.82, 2.24) is 0 Å². The molecule has 0 unspecified atom stereocenters. The molecule has 0 aliphatic heterocycles. The smallest absolute Gasteiger partial charge is 0.328 e. The minimum Gasteiger partial charge on any atom is -0.489 e. The standard InChI is InChI=1S/C12H14O3/c1-9-5-3-6-11(10(9)2)15-8-4-7-12(13)14/h3-7H,8H2,1-2H3,(H,13,14). The Morgan fingerprint density at radius 2 is 2.20 bits per heavy atom. The van der Waals surface area contributed by atoms with E-state index in [0.29, 0.717) is 0 Å². The number of carboxylic acid groups (broad SMARTS) is 1. The molecule has 0 aliphatic carbocycles. The maximum atomic E-state index is 10.2. The Balaban J connectivity index is 2.58. The summed E-state index contributed by atoms with van der Waals surface area (Å²) in [5.74, 6) is -0.162. The molecule has 1 rings (SSSR count). The van der Waals surface area contributed by atoms with Crippen LogP contribution in [0.3, 0.4) is 0 Å². The Labute approximate surface area is 89.0 Å². The minimum absolute atomic E-state index is 0.274. The summed E-state index contributed by atoms with van der Waals surface area (Å²) in [4.78, 5) is 10.2. The summed E-state index contributed by atoms with van der Waals surface area (Å²) in [6.45, 7) is 4.26. The zero-order valence-electron chi connectivity index (χ0n) is 8.86. The molecule has 0 spiro atoms. The first kappa shape index (κ1) is 11.3. The lowest BCUT2D eigenvalue weighted by Gasteiger charge is -2.08. The van der Waals surface area contributed by atoms with Crippen LogP contribution in [0, 0.1) is 13.8 Å². The van der Waals surface area contributed by atoms with Crippen LogP contribution >= 0.6 is 0 Å². The third-order valence-electron chi connectivity index (χ3n) is 2.15. The van der Waals surface area contributed by atoms with Gasteiger partial charge in [-0.1, -0.05) is 12.1 Å². The fourth-order valence-electron chi connectivity index (χ4n) is 1.17. The van der Waals surface area contributed by atoms with Crippen LogP contribution < -0.4 is 4.74 Å². The van der Waals surface area contributed by atoms with Crippen molar-refractivity contribution >= 4 is 5.97 Å². The van der Waals surface area contributed by atoms with Gasteiger partial charge in [0.05, 0.1) is 0 Å². The van der Waals surface area contributed by atoms with E-state index in [1.807, 2.05) is 32.0 Å². The molecule has 3 nitrogen and oxygen atoms in total. The average Bonchev–Trinajstić information content (AvgIpc) is 2.18. The van der Waals surface area contributed by atoms with Crippen LogP contribution in [0.15, 0.2) is 30.4 Å². The molecule has 1 N–H and O–H groups in total. The van der Waals surface area contributed by atoms with E-state index in [0.717, 1.165) is 23.0 Å². The molecule has 15 heavy (non-hydrogen) atoms. The lowest BCUT2D eigenvalue weighted by atomic mass is 10.1. The third kappa shape index (κ3) is 3.46. The van der Waals surface area contributed by atoms with E-state index in [1.54, 1.807) is 0 Å². The zero-order valence-corrected chi connectivity index (χ0v) is 8.86. The van der Waals surface area contributed by atoms with Crippen molar-refractivity contribution in [2.45, 2.75) is 13.8 Å². The van der Waals surface area contributed by atoms with Gasteiger partial charge in [-0.05, 0) is 37.1 Å². The number of hydrogen-bond acceptors (Lipinski definition) is 2. The Bertz CT molecular complexity index is 380. The largest absolute Gasteiger partial charge is 0.489 e. The quantitative estimate of drug-likeness (QED) is 0.769. The van der Waals surface area contributed by atoms with Gasteiger partial charge in [-0.2, -0.15) is 0 Å². The Morgan fingerprint density at radius 1 is 1.47 bits per heavy atom. The zero-order chi connectivity index (χ0) is 11.3. The second-order valence-electron chi connectivity index (χ2n) is 3.25. The van der Waals surface area contributed by atoms with Gasteiger partial charge in [0, 0.05) is 6.08 Å². The molecule has 1 aromatic rings. The number of aryl methyl sites for hydroxylation is 1. The van der Waals surface area contributed by atoms with E-state index in [4.69, 9.17) is 9.84 Å². The monoisotopic (exact) mass is 206 g/mol. The van der Waals surface area contributed by atoms with Gasteiger partial charge in [0.1, 0.15) is 12.4 Å². The molecule has 0 saturated carbocycles. The highest BCUT2D eigenvalue weighted by atomic mass is 16.5. The van der Waals surface area contributed by atoms with E-state index >= 15 is 0 Å². The summed E-state index contributed by atoms with van der Waals surface area (Å²) in [5, 5.41) is 8.37. The van der Waals surface area contributed by atoms with Gasteiger partial charge in [-0.3, -0.25) is 0 Å². The number of ether oxygens (including phenoxy) is 1. The van der Waals surface area contributed by atoms with Gasteiger partial charge in [-0.15, -0.1) is 0 Å². The van der Waals surface area contributed by atoms with Gasteiger partial charge in [0.25, 0.3) is 0 Å². The van der Waals surface area contributed by atoms with Crippen LogP contribution in [-0.4, -0.2) is 17.7 Å². The van der Waals surface area contributed by atoms with Crippen molar-refractivity contribution in [3.63, 3.8) is 0 Å². The van der Waals surface area contributed by atoms with Crippen LogP contribution in [0.25, 0.3) is 0 Å². The predicted molar refractivity (Wildman–Crippen MR) is 58.2 cm³/mol. The first-order valence-corrected chi connectivity index (χ1v) is 4.69. The lowest BCUT2D eigenvalue weighted by Crippen LogP contribution is -1.97. The molecule has 3 heteroatoms. The fourth-order valence-corrected chi connectivity index (χ4v) is 1.17. The highest BCUT2D eigenvalue weighted by Crippen LogP contribution is 2.20. The number of hydrogen-bond donors (Lipinski definition) is 1. The molecule has 0 bridgehead atoms. The van der Waals surface area contributed by atoms with Gasteiger partial charge in [0.2, 0.25) is 0 Å². The first-order valence-electron chi connectivity index (χ1n) is 4.69. The highest BCUT2D eigenvalue weighted by Gasteiger charge is 1.99. The van der Waals surface area contributed by atoms with Crippen LogP contribution in [0.1, 0.15) is 11.1 Å². The number of carbonyl (C=O) groups is 1. The number of rotatable bonds is 4. The molecule has 80 valence electrons. The molecule has 0 radical (unpaired) electrons. The third-order valence-corrected chi connectivity index (χ3v) is 2.15. The molecule has 0 fully saturated rings. The summed E-state index contributed by atoms with van der Waals surface area (Å²) in [7, 11) is 0. The van der Waals surface area contributed by atoms with Crippen molar-refractivity contribution in [1.29, 1.82) is 0 Å². The normalized spacial score (nSPS) is 10.5. The van der Waals surface area contributed by atoms with Crippen LogP contribution in [0.4, 0.5) is 0 Å². The van der Waals surface area contributed by atoms with Crippen molar-refractivity contribution < 1.29 is 14.6 Å². The van der Waals surface area contributed by atoms with Gasteiger partial charge >= 0.3 is 5.97 Å². The van der Waals surface area contributed by atoms with Crippen LogP contribution in [0.5, 0.6) is 5.75 Å². The molecule has 0 aliphatic rings. The maximum absolute atomic E-state index is 10.2. The molecular formula is C12H14O3. The summed E-state index contributed by atoms with van der Waals surface area (Å²) in [6.07, 6.45) is 2.55. The minimum atomic E-state index is -0.959. The highest BCUT2D eigenvalue weighted by molar-refractivity contribution is 5.79. The second kappa shape index (κ2) is 5.20. The number of benzene rings is 1. The van der Waals surface area contributed by atoms with Crippen molar-refractivity contribution in [2.75, 3.05) is 6.61 Å². The number of carboxylic acids is 1. The van der Waals surface area contributed by atoms with Crippen LogP contribution in [0.2, 0.25) is 0 Å². The first-order chi connectivity index (χ1) is 7.11. The summed E-state index contributed by atoms with van der Waals surface area (Å²) in [5.41, 5.74) is 2.25. The molecule has 0 heterocycles. The number of aliphatic carboxylic acids is 1. The van der Waals surface area contributed by atoms with E-state index in [2.05, 4.69) is 0 Å². The predicted octanol–water partition coefficient (Wildman–Crippen LogP) is 2.32. The van der Waals surface area contributed by atoms with Gasteiger partial charge in [-0.25, -0.2) is 4.79 Å². The van der Waals surface area contributed by atoms with Crippen LogP contribution in [-0.2, 0) is 4.79 Å². The SMILES string of the molecule is Cc1cccc(OCC=CC(=O)O)c1C. The van der Waals surface area contributed by atoms with Crippen molar-refractivity contribution in [2.24, 2.45) is 0 Å². The average molecular weight is 206 g/mol. The molecule has 0 aromatic heterocycles. The Morgan fingerprint density at radius 3 is 2.87 bits per heavy atom. The molecule has 1 aromatic carbocycles. The fraction of sp³-hybridized carbons (Fsp3) is 0.250. The van der Waals surface area contributed by atoms with E-state index < -0.39 is 5.97 Å². The van der Waals surface area contributed by atoms with Crippen molar-refractivity contribution in [3.05, 3.63) is 41.5 Å². The summed E-state index contributed by atoms with van der Waals surface area (Å²) in [6, 6.07) is 5.80. The van der Waals surface area contributed by atoms with Gasteiger partial charge in [0.15, 0.2) is 0 Å². The maximum Gasteiger partial charge on any atom is 0.328 e. The Kier molecular flexibility index (Phi) is 3.92. The summed E-state index contributed by atoms with van der Waals surface area (Å²) < 4.78 is 5.42. The molecule has 0 saturated heterocycles. The topological polar surface area (TPSA) is 46.5 Å². The summed E-state index contributed by atoms with van der Waals surface area (Å²) >= 11 is 0. The van der Waals surface area contributed by atoms with E-state index in [1.165, 1.54) is 6.08 Å². The van der Waals surface area contributed by atoms with Gasteiger partial charge < -0.3 is 9.84 Å². The molecular weight excluding hydrogens is 192 g/mol. The van der Waals surface area contributed by atoms with Crippen molar-refractivity contribution in [3.8, 4) is 5.75 Å².